The van der Waals surface area contributed by atoms with E-state index in [1.165, 1.54) is 0 Å². The van der Waals surface area contributed by atoms with Crippen LogP contribution in [0.1, 0.15) is 17.5 Å². The first-order valence-corrected chi connectivity index (χ1v) is 8.44. The van der Waals surface area contributed by atoms with Gasteiger partial charge in [-0.05, 0) is 23.8 Å². The van der Waals surface area contributed by atoms with Gasteiger partial charge in [-0.3, -0.25) is 9.59 Å². The zero-order valence-corrected chi connectivity index (χ0v) is 14.1. The molecule has 5 rings (SSSR count). The van der Waals surface area contributed by atoms with Gasteiger partial charge in [0.2, 0.25) is 11.8 Å². The lowest BCUT2D eigenvalue weighted by atomic mass is 9.72. The summed E-state index contributed by atoms with van der Waals surface area (Å²) in [5.74, 6) is 0.280. The number of likely N-dealkylation sites (N-methyl/N-ethyl adjacent to an activating group) is 1. The molecule has 2 aliphatic rings. The lowest BCUT2D eigenvalue weighted by Gasteiger charge is -2.32. The quantitative estimate of drug-likeness (QED) is 0.737. The maximum Gasteiger partial charge on any atom is 0.242 e. The van der Waals surface area contributed by atoms with Crippen LogP contribution >= 0.6 is 0 Å². The molecule has 0 aliphatic carbocycles. The van der Waals surface area contributed by atoms with E-state index in [1.807, 2.05) is 54.6 Å². The molecule has 3 heterocycles. The Bertz CT molecular complexity index is 1060. The molecule has 0 saturated carbocycles. The largest absolute Gasteiger partial charge is 0.314 e. The average molecular weight is 344 g/mol. The normalized spacial score (nSPS) is 20.9. The molecule has 128 valence electrons. The van der Waals surface area contributed by atoms with E-state index in [-0.39, 0.29) is 18.2 Å². The summed E-state index contributed by atoms with van der Waals surface area (Å²) >= 11 is 0. The van der Waals surface area contributed by atoms with Gasteiger partial charge in [0, 0.05) is 24.7 Å². The Morgan fingerprint density at radius 3 is 2.54 bits per heavy atom. The molecular formula is C20H16N4O2. The second kappa shape index (κ2) is 5.05. The number of benzene rings is 2. The van der Waals surface area contributed by atoms with Crippen LogP contribution in [0.3, 0.4) is 0 Å². The molecule has 0 radical (unpaired) electrons. The second-order valence-electron chi connectivity index (χ2n) is 6.67. The standard InChI is InChI=1S/C20H16N4O2/c1-23-16-10-6-5-9-14(16)20(19(23)26)11-17(25)22-18-15(20)12-21-24(18)13-7-3-2-4-8-13/h2-10,12H,11H2,1H3,(H,22,25)/t20-/m0/s1. The first-order valence-electron chi connectivity index (χ1n) is 8.44. The van der Waals surface area contributed by atoms with E-state index < -0.39 is 5.41 Å². The van der Waals surface area contributed by atoms with Crippen LogP contribution in [-0.2, 0) is 15.0 Å². The molecule has 2 amide bonds. The Morgan fingerprint density at radius 2 is 1.73 bits per heavy atom. The van der Waals surface area contributed by atoms with E-state index >= 15 is 0 Å². The molecule has 6 heteroatoms. The van der Waals surface area contributed by atoms with Crippen LogP contribution in [0.25, 0.3) is 5.69 Å². The van der Waals surface area contributed by atoms with Crippen molar-refractivity contribution in [1.82, 2.24) is 9.78 Å². The summed E-state index contributed by atoms with van der Waals surface area (Å²) in [7, 11) is 1.75. The van der Waals surface area contributed by atoms with Crippen LogP contribution in [0.5, 0.6) is 0 Å². The lowest BCUT2D eigenvalue weighted by Crippen LogP contribution is -2.45. The van der Waals surface area contributed by atoms with Gasteiger partial charge in [-0.2, -0.15) is 5.10 Å². The van der Waals surface area contributed by atoms with E-state index in [1.54, 1.807) is 22.8 Å². The predicted molar refractivity (Wildman–Crippen MR) is 97.4 cm³/mol. The Kier molecular flexibility index (Phi) is 2.89. The molecule has 0 unspecified atom stereocenters. The summed E-state index contributed by atoms with van der Waals surface area (Å²) in [5, 5.41) is 7.40. The topological polar surface area (TPSA) is 67.2 Å². The Hall–Kier alpha value is -3.41. The Balaban J connectivity index is 1.79. The minimum atomic E-state index is -1.02. The number of nitrogens with zero attached hydrogens (tertiary/aromatic N) is 3. The van der Waals surface area contributed by atoms with Gasteiger partial charge in [-0.25, -0.2) is 4.68 Å². The number of fused-ring (bicyclic) bond motifs is 4. The minimum absolute atomic E-state index is 0.0840. The molecule has 2 aliphatic heterocycles. The van der Waals surface area contributed by atoms with Crippen molar-refractivity contribution in [3.8, 4) is 5.69 Å². The van der Waals surface area contributed by atoms with Gasteiger partial charge in [0.25, 0.3) is 0 Å². The molecule has 3 aromatic rings. The van der Waals surface area contributed by atoms with Crippen LogP contribution in [-0.4, -0.2) is 28.6 Å². The molecular weight excluding hydrogens is 328 g/mol. The number of anilines is 2. The van der Waals surface area contributed by atoms with Crippen LogP contribution in [0.2, 0.25) is 0 Å². The summed E-state index contributed by atoms with van der Waals surface area (Å²) in [6.07, 6.45) is 1.79. The summed E-state index contributed by atoms with van der Waals surface area (Å²) in [5.41, 5.74) is 2.25. The first-order chi connectivity index (χ1) is 12.6. The lowest BCUT2D eigenvalue weighted by molar-refractivity contribution is -0.126. The number of hydrogen-bond donors (Lipinski definition) is 1. The zero-order chi connectivity index (χ0) is 17.9. The SMILES string of the molecule is CN1C(=O)[C@@]2(CC(=O)Nc3c2cnn3-c2ccccc2)c2ccccc21. The number of hydrogen-bond acceptors (Lipinski definition) is 3. The smallest absolute Gasteiger partial charge is 0.242 e. The monoisotopic (exact) mass is 344 g/mol. The van der Waals surface area contributed by atoms with E-state index in [2.05, 4.69) is 10.4 Å². The van der Waals surface area contributed by atoms with Gasteiger partial charge in [0.1, 0.15) is 11.2 Å². The zero-order valence-electron chi connectivity index (χ0n) is 14.1. The molecule has 0 fully saturated rings. The van der Waals surface area contributed by atoms with Crippen molar-refractivity contribution in [3.05, 3.63) is 71.9 Å². The third kappa shape index (κ3) is 1.73. The number of amides is 2. The summed E-state index contributed by atoms with van der Waals surface area (Å²) in [6, 6.07) is 17.2. The molecule has 0 bridgehead atoms. The van der Waals surface area contributed by atoms with Crippen LogP contribution < -0.4 is 10.2 Å². The van der Waals surface area contributed by atoms with Crippen LogP contribution in [0, 0.1) is 0 Å². The first kappa shape index (κ1) is 14.9. The molecule has 1 N–H and O–H groups in total. The van der Waals surface area contributed by atoms with E-state index in [4.69, 9.17) is 0 Å². The average Bonchev–Trinajstić information content (AvgIpc) is 3.18. The molecule has 1 atom stereocenters. The van der Waals surface area contributed by atoms with Gasteiger partial charge in [-0.1, -0.05) is 36.4 Å². The van der Waals surface area contributed by atoms with Gasteiger partial charge in [0.15, 0.2) is 0 Å². The molecule has 6 nitrogen and oxygen atoms in total. The Morgan fingerprint density at radius 1 is 1.00 bits per heavy atom. The Labute approximate surface area is 150 Å². The van der Waals surface area contributed by atoms with Crippen molar-refractivity contribution >= 4 is 23.3 Å². The number of carbonyl (C=O) groups is 2. The number of para-hydroxylation sites is 2. The molecule has 1 spiro atoms. The highest BCUT2D eigenvalue weighted by Crippen LogP contribution is 2.51. The molecule has 1 aromatic heterocycles. The molecule has 2 aromatic carbocycles. The fourth-order valence-electron chi connectivity index (χ4n) is 4.13. The van der Waals surface area contributed by atoms with Crippen molar-refractivity contribution in [1.29, 1.82) is 0 Å². The number of carbonyl (C=O) groups excluding carboxylic acids is 2. The van der Waals surface area contributed by atoms with E-state index in [0.717, 1.165) is 22.5 Å². The van der Waals surface area contributed by atoms with Gasteiger partial charge in [0.05, 0.1) is 11.9 Å². The van der Waals surface area contributed by atoms with Gasteiger partial charge in [-0.15, -0.1) is 0 Å². The summed E-state index contributed by atoms with van der Waals surface area (Å²) < 4.78 is 1.68. The maximum atomic E-state index is 13.3. The maximum absolute atomic E-state index is 13.3. The number of nitrogens with one attached hydrogen (secondary N) is 1. The summed E-state index contributed by atoms with van der Waals surface area (Å²) in [4.78, 5) is 27.5. The number of rotatable bonds is 1. The highest BCUT2D eigenvalue weighted by molar-refractivity contribution is 6.15. The van der Waals surface area contributed by atoms with Crippen LogP contribution in [0.15, 0.2) is 60.8 Å². The van der Waals surface area contributed by atoms with Gasteiger partial charge < -0.3 is 10.2 Å². The number of aromatic nitrogens is 2. The molecule has 0 saturated heterocycles. The highest BCUT2D eigenvalue weighted by atomic mass is 16.2. The van der Waals surface area contributed by atoms with Crippen molar-refractivity contribution in [2.75, 3.05) is 17.3 Å². The van der Waals surface area contributed by atoms with Crippen molar-refractivity contribution in [3.63, 3.8) is 0 Å². The molecule has 26 heavy (non-hydrogen) atoms. The third-order valence-corrected chi connectivity index (χ3v) is 5.31. The summed E-state index contributed by atoms with van der Waals surface area (Å²) in [6.45, 7) is 0. The van der Waals surface area contributed by atoms with Crippen molar-refractivity contribution < 1.29 is 9.59 Å². The highest BCUT2D eigenvalue weighted by Gasteiger charge is 2.56. The predicted octanol–water partition coefficient (Wildman–Crippen LogP) is 2.48. The van der Waals surface area contributed by atoms with Crippen molar-refractivity contribution in [2.45, 2.75) is 11.8 Å². The van der Waals surface area contributed by atoms with Gasteiger partial charge >= 0.3 is 0 Å². The van der Waals surface area contributed by atoms with E-state index in [9.17, 15) is 9.59 Å². The fraction of sp³-hybridized carbons (Fsp3) is 0.150. The minimum Gasteiger partial charge on any atom is -0.314 e. The van der Waals surface area contributed by atoms with E-state index in [0.29, 0.717) is 5.82 Å². The van der Waals surface area contributed by atoms with Crippen molar-refractivity contribution in [2.24, 2.45) is 0 Å². The van der Waals surface area contributed by atoms with Crippen LogP contribution in [0.4, 0.5) is 11.5 Å². The fourth-order valence-corrected chi connectivity index (χ4v) is 4.13. The third-order valence-electron chi connectivity index (χ3n) is 5.31. The second-order valence-corrected chi connectivity index (χ2v) is 6.67.